The lowest BCUT2D eigenvalue weighted by molar-refractivity contribution is 0.768. The molecule has 3 aromatic heterocycles. The number of hydrogen-bond donors (Lipinski definition) is 2. The van der Waals surface area contributed by atoms with Crippen LogP contribution in [-0.2, 0) is 7.05 Å². The first-order valence-corrected chi connectivity index (χ1v) is 5.92. The molecule has 20 heavy (non-hydrogen) atoms. The summed E-state index contributed by atoms with van der Waals surface area (Å²) in [6.45, 7) is 0. The van der Waals surface area contributed by atoms with Crippen molar-refractivity contribution in [1.29, 1.82) is 0 Å². The van der Waals surface area contributed by atoms with Crippen LogP contribution in [0.5, 0.6) is 0 Å². The predicted molar refractivity (Wildman–Crippen MR) is 73.0 cm³/mol. The standard InChI is InChI=1S/C11H13N9/c1-12-9-16-10(15-8-5-14-19(2)6-8)18-11(17-9)20-4-3-13-7-20/h3-7H,1-2H3,(H2,12,15,16,17,18). The molecule has 0 atom stereocenters. The third kappa shape index (κ3) is 2.41. The summed E-state index contributed by atoms with van der Waals surface area (Å²) in [6.07, 6.45) is 8.59. The largest absolute Gasteiger partial charge is 0.357 e. The molecule has 3 heterocycles. The molecule has 3 rings (SSSR count). The SMILES string of the molecule is CNc1nc(Nc2cnn(C)c2)nc(-n2ccnc2)n1. The summed E-state index contributed by atoms with van der Waals surface area (Å²) in [5, 5.41) is 10.1. The van der Waals surface area contributed by atoms with Crippen LogP contribution < -0.4 is 10.6 Å². The van der Waals surface area contributed by atoms with Crippen LogP contribution in [0.1, 0.15) is 0 Å². The first-order valence-electron chi connectivity index (χ1n) is 5.92. The Morgan fingerprint density at radius 1 is 1.15 bits per heavy atom. The van der Waals surface area contributed by atoms with E-state index in [0.717, 1.165) is 5.69 Å². The number of nitrogens with one attached hydrogen (secondary N) is 2. The van der Waals surface area contributed by atoms with Gasteiger partial charge in [0.15, 0.2) is 0 Å². The van der Waals surface area contributed by atoms with Crippen molar-refractivity contribution < 1.29 is 0 Å². The molecular weight excluding hydrogens is 258 g/mol. The van der Waals surface area contributed by atoms with E-state index in [-0.39, 0.29) is 0 Å². The lowest BCUT2D eigenvalue weighted by Gasteiger charge is -2.07. The van der Waals surface area contributed by atoms with Crippen molar-refractivity contribution in [3.8, 4) is 5.95 Å². The first-order chi connectivity index (χ1) is 9.74. The molecule has 0 unspecified atom stereocenters. The summed E-state index contributed by atoms with van der Waals surface area (Å²) in [6, 6.07) is 0. The van der Waals surface area contributed by atoms with E-state index in [1.54, 1.807) is 41.2 Å². The van der Waals surface area contributed by atoms with Crippen molar-refractivity contribution in [3.05, 3.63) is 31.1 Å². The van der Waals surface area contributed by atoms with Crippen LogP contribution in [-0.4, -0.2) is 41.3 Å². The highest BCUT2D eigenvalue weighted by atomic mass is 15.3. The summed E-state index contributed by atoms with van der Waals surface area (Å²) >= 11 is 0. The third-order valence-electron chi connectivity index (χ3n) is 2.54. The number of anilines is 3. The molecule has 3 aromatic rings. The van der Waals surface area contributed by atoms with Gasteiger partial charge in [-0.05, 0) is 0 Å². The number of imidazole rings is 1. The van der Waals surface area contributed by atoms with Gasteiger partial charge in [0.25, 0.3) is 0 Å². The molecule has 0 aromatic carbocycles. The smallest absolute Gasteiger partial charge is 0.241 e. The van der Waals surface area contributed by atoms with Crippen molar-refractivity contribution in [1.82, 2.24) is 34.3 Å². The van der Waals surface area contributed by atoms with Crippen LogP contribution in [0.4, 0.5) is 17.6 Å². The number of aryl methyl sites for hydroxylation is 1. The minimum Gasteiger partial charge on any atom is -0.357 e. The average molecular weight is 271 g/mol. The van der Waals surface area contributed by atoms with Gasteiger partial charge in [0, 0.05) is 32.7 Å². The maximum Gasteiger partial charge on any atom is 0.241 e. The Hall–Kier alpha value is -2.97. The molecule has 2 N–H and O–H groups in total. The summed E-state index contributed by atoms with van der Waals surface area (Å²) < 4.78 is 3.40. The Balaban J connectivity index is 1.96. The topological polar surface area (TPSA) is 98.4 Å². The molecular formula is C11H13N9. The van der Waals surface area contributed by atoms with Crippen LogP contribution in [0.15, 0.2) is 31.1 Å². The van der Waals surface area contributed by atoms with E-state index in [2.05, 4.69) is 35.7 Å². The lowest BCUT2D eigenvalue weighted by Crippen LogP contribution is -2.08. The van der Waals surface area contributed by atoms with E-state index < -0.39 is 0 Å². The van der Waals surface area contributed by atoms with Gasteiger partial charge in [-0.3, -0.25) is 9.25 Å². The molecule has 0 aliphatic heterocycles. The molecule has 0 aliphatic rings. The highest BCUT2D eigenvalue weighted by Crippen LogP contribution is 2.14. The van der Waals surface area contributed by atoms with Crippen molar-refractivity contribution in [2.45, 2.75) is 0 Å². The van der Waals surface area contributed by atoms with Crippen molar-refractivity contribution in [2.75, 3.05) is 17.7 Å². The van der Waals surface area contributed by atoms with Crippen LogP contribution in [0.3, 0.4) is 0 Å². The van der Waals surface area contributed by atoms with Crippen molar-refractivity contribution >= 4 is 17.6 Å². The van der Waals surface area contributed by atoms with Gasteiger partial charge in [-0.15, -0.1) is 0 Å². The van der Waals surface area contributed by atoms with Gasteiger partial charge in [0.1, 0.15) is 6.33 Å². The number of rotatable bonds is 4. The molecule has 0 bridgehead atoms. The third-order valence-corrected chi connectivity index (χ3v) is 2.54. The number of nitrogens with zero attached hydrogens (tertiary/aromatic N) is 7. The highest BCUT2D eigenvalue weighted by Gasteiger charge is 2.08. The summed E-state index contributed by atoms with van der Waals surface area (Å²) in [4.78, 5) is 16.8. The Morgan fingerprint density at radius 2 is 2.00 bits per heavy atom. The molecule has 0 fully saturated rings. The summed E-state index contributed by atoms with van der Waals surface area (Å²) in [7, 11) is 3.59. The quantitative estimate of drug-likeness (QED) is 0.716. The van der Waals surface area contributed by atoms with Crippen LogP contribution in [0, 0.1) is 0 Å². The Labute approximate surface area is 114 Å². The van der Waals surface area contributed by atoms with E-state index in [1.807, 2.05) is 13.2 Å². The molecule has 0 aliphatic carbocycles. The van der Waals surface area contributed by atoms with Gasteiger partial charge < -0.3 is 10.6 Å². The van der Waals surface area contributed by atoms with Gasteiger partial charge in [-0.25, -0.2) is 4.98 Å². The molecule has 0 radical (unpaired) electrons. The van der Waals surface area contributed by atoms with E-state index in [9.17, 15) is 0 Å². The fraction of sp³-hybridized carbons (Fsp3) is 0.182. The molecule has 0 saturated carbocycles. The van der Waals surface area contributed by atoms with Gasteiger partial charge in [0.05, 0.1) is 11.9 Å². The van der Waals surface area contributed by atoms with Crippen molar-refractivity contribution in [2.24, 2.45) is 7.05 Å². The Bertz CT molecular complexity index is 701. The molecule has 0 spiro atoms. The zero-order chi connectivity index (χ0) is 13.9. The van der Waals surface area contributed by atoms with Gasteiger partial charge in [-0.2, -0.15) is 20.1 Å². The zero-order valence-corrected chi connectivity index (χ0v) is 11.0. The summed E-state index contributed by atoms with van der Waals surface area (Å²) in [5.41, 5.74) is 0.803. The van der Waals surface area contributed by atoms with Gasteiger partial charge >= 0.3 is 0 Å². The number of aromatic nitrogens is 7. The monoisotopic (exact) mass is 271 g/mol. The maximum atomic E-state index is 4.34. The number of hydrogen-bond acceptors (Lipinski definition) is 7. The van der Waals surface area contributed by atoms with E-state index in [4.69, 9.17) is 0 Å². The molecule has 0 amide bonds. The fourth-order valence-corrected chi connectivity index (χ4v) is 1.64. The van der Waals surface area contributed by atoms with E-state index in [1.165, 1.54) is 0 Å². The van der Waals surface area contributed by atoms with Gasteiger partial charge in [0.2, 0.25) is 17.8 Å². The van der Waals surface area contributed by atoms with E-state index >= 15 is 0 Å². The maximum absolute atomic E-state index is 4.34. The highest BCUT2D eigenvalue weighted by molar-refractivity contribution is 5.52. The normalized spacial score (nSPS) is 10.5. The second-order valence-electron chi connectivity index (χ2n) is 4.03. The predicted octanol–water partition coefficient (Wildman–Crippen LogP) is 0.576. The van der Waals surface area contributed by atoms with Crippen LogP contribution in [0.25, 0.3) is 5.95 Å². The fourth-order valence-electron chi connectivity index (χ4n) is 1.64. The lowest BCUT2D eigenvalue weighted by atomic mass is 10.6. The summed E-state index contributed by atoms with van der Waals surface area (Å²) in [5.74, 6) is 1.38. The van der Waals surface area contributed by atoms with Crippen LogP contribution >= 0.6 is 0 Å². The minimum atomic E-state index is 0.432. The van der Waals surface area contributed by atoms with Crippen LogP contribution in [0.2, 0.25) is 0 Å². The molecule has 102 valence electrons. The Kier molecular flexibility index (Phi) is 2.99. The van der Waals surface area contributed by atoms with E-state index in [0.29, 0.717) is 17.8 Å². The minimum absolute atomic E-state index is 0.432. The second kappa shape index (κ2) is 4.96. The van der Waals surface area contributed by atoms with Crippen molar-refractivity contribution in [3.63, 3.8) is 0 Å². The van der Waals surface area contributed by atoms with Gasteiger partial charge in [-0.1, -0.05) is 0 Å². The second-order valence-corrected chi connectivity index (χ2v) is 4.03. The molecule has 9 heteroatoms. The first kappa shape index (κ1) is 12.1. The zero-order valence-electron chi connectivity index (χ0n) is 11.0. The molecule has 0 saturated heterocycles. The molecule has 9 nitrogen and oxygen atoms in total. The average Bonchev–Trinajstić information content (AvgIpc) is 3.10. The Morgan fingerprint density at radius 3 is 2.65 bits per heavy atom.